The zero-order chi connectivity index (χ0) is 21.7. The van der Waals surface area contributed by atoms with Crippen LogP contribution in [0.4, 0.5) is 5.69 Å². The molecule has 0 aromatic heterocycles. The molecule has 0 aliphatic rings. The number of benzene rings is 2. The number of methoxy groups -OCH3 is 2. The lowest BCUT2D eigenvalue weighted by molar-refractivity contribution is -0.122. The van der Waals surface area contributed by atoms with Crippen molar-refractivity contribution in [2.45, 2.75) is 33.8 Å². The summed E-state index contributed by atoms with van der Waals surface area (Å²) in [6, 6.07) is 8.10. The maximum absolute atomic E-state index is 12.6. The van der Waals surface area contributed by atoms with Gasteiger partial charge in [0.25, 0.3) is 5.91 Å². The van der Waals surface area contributed by atoms with Gasteiger partial charge in [0.05, 0.1) is 25.3 Å². The van der Waals surface area contributed by atoms with Gasteiger partial charge in [-0.3, -0.25) is 4.79 Å². The molecule has 154 valence electrons. The summed E-state index contributed by atoms with van der Waals surface area (Å²) in [4.78, 5) is 36.4. The van der Waals surface area contributed by atoms with Crippen LogP contribution in [0.15, 0.2) is 30.3 Å². The Kier molecular flexibility index (Phi) is 6.98. The van der Waals surface area contributed by atoms with E-state index in [1.807, 2.05) is 32.9 Å². The molecule has 29 heavy (non-hydrogen) atoms. The minimum Gasteiger partial charge on any atom is -0.481 e. The number of carbonyl (C=O) groups excluding carboxylic acids is 3. The molecule has 1 amide bonds. The SMILES string of the molecule is COC(=O)c1cc(NC(=O)[C@@H](C)Oc2cc(C)cc(C)c2C)cc(C(=O)OC)c1. The van der Waals surface area contributed by atoms with E-state index < -0.39 is 23.9 Å². The van der Waals surface area contributed by atoms with Crippen molar-refractivity contribution in [3.8, 4) is 5.75 Å². The van der Waals surface area contributed by atoms with Crippen molar-refractivity contribution in [2.24, 2.45) is 0 Å². The van der Waals surface area contributed by atoms with Crippen molar-refractivity contribution in [1.29, 1.82) is 0 Å². The molecule has 7 nitrogen and oxygen atoms in total. The maximum atomic E-state index is 12.6. The van der Waals surface area contributed by atoms with E-state index in [1.165, 1.54) is 32.4 Å². The number of nitrogens with one attached hydrogen (secondary N) is 1. The summed E-state index contributed by atoms with van der Waals surface area (Å²) >= 11 is 0. The Morgan fingerprint density at radius 2 is 1.41 bits per heavy atom. The number of aryl methyl sites for hydroxylation is 2. The quantitative estimate of drug-likeness (QED) is 0.747. The standard InChI is InChI=1S/C22H25NO6/c1-12-7-13(2)14(3)19(8-12)29-15(4)20(24)23-18-10-16(21(25)27-5)9-17(11-18)22(26)28-6/h7-11,15H,1-6H3,(H,23,24)/t15-/m1/s1. The highest BCUT2D eigenvalue weighted by molar-refractivity contribution is 6.00. The molecule has 2 rings (SSSR count). The van der Waals surface area contributed by atoms with Gasteiger partial charge < -0.3 is 19.5 Å². The molecule has 0 bridgehead atoms. The third-order valence-electron chi connectivity index (χ3n) is 4.48. The fourth-order valence-corrected chi connectivity index (χ4v) is 2.78. The fraction of sp³-hybridized carbons (Fsp3) is 0.318. The van der Waals surface area contributed by atoms with Gasteiger partial charge in [0.1, 0.15) is 5.75 Å². The summed E-state index contributed by atoms with van der Waals surface area (Å²) in [6.07, 6.45) is -0.807. The molecule has 1 N–H and O–H groups in total. The largest absolute Gasteiger partial charge is 0.481 e. The smallest absolute Gasteiger partial charge is 0.337 e. The third-order valence-corrected chi connectivity index (χ3v) is 4.48. The van der Waals surface area contributed by atoms with Crippen molar-refractivity contribution < 1.29 is 28.6 Å². The number of carbonyl (C=O) groups is 3. The van der Waals surface area contributed by atoms with Crippen LogP contribution in [0.25, 0.3) is 0 Å². The topological polar surface area (TPSA) is 90.9 Å². The van der Waals surface area contributed by atoms with Crippen LogP contribution >= 0.6 is 0 Å². The predicted octanol–water partition coefficient (Wildman–Crippen LogP) is 3.59. The summed E-state index contributed by atoms with van der Waals surface area (Å²) < 4.78 is 15.2. The van der Waals surface area contributed by atoms with Gasteiger partial charge >= 0.3 is 11.9 Å². The first kappa shape index (κ1) is 21.9. The van der Waals surface area contributed by atoms with Gasteiger partial charge in [0.15, 0.2) is 6.10 Å². The van der Waals surface area contributed by atoms with Crippen LogP contribution in [0.3, 0.4) is 0 Å². The van der Waals surface area contributed by atoms with Crippen LogP contribution < -0.4 is 10.1 Å². The Hall–Kier alpha value is -3.35. The van der Waals surface area contributed by atoms with Gasteiger partial charge in [-0.25, -0.2) is 9.59 Å². The third kappa shape index (κ3) is 5.34. The summed E-state index contributed by atoms with van der Waals surface area (Å²) in [5.41, 5.74) is 3.54. The number of ether oxygens (including phenoxy) is 3. The molecule has 0 heterocycles. The summed E-state index contributed by atoms with van der Waals surface area (Å²) in [7, 11) is 2.46. The van der Waals surface area contributed by atoms with Gasteiger partial charge in [0.2, 0.25) is 0 Å². The van der Waals surface area contributed by atoms with Crippen LogP contribution in [0.1, 0.15) is 44.3 Å². The second kappa shape index (κ2) is 9.23. The zero-order valence-electron chi connectivity index (χ0n) is 17.4. The highest BCUT2D eigenvalue weighted by Crippen LogP contribution is 2.25. The first-order valence-corrected chi connectivity index (χ1v) is 9.03. The molecule has 0 spiro atoms. The van der Waals surface area contributed by atoms with Crippen molar-refractivity contribution in [3.63, 3.8) is 0 Å². The van der Waals surface area contributed by atoms with Crippen molar-refractivity contribution in [2.75, 3.05) is 19.5 Å². The van der Waals surface area contributed by atoms with Gasteiger partial charge in [0, 0.05) is 5.69 Å². The average Bonchev–Trinajstić information content (AvgIpc) is 2.69. The highest BCUT2D eigenvalue weighted by Gasteiger charge is 2.19. The minimum absolute atomic E-state index is 0.115. The molecule has 0 radical (unpaired) electrons. The number of anilines is 1. The predicted molar refractivity (Wildman–Crippen MR) is 108 cm³/mol. The molecule has 0 fully saturated rings. The number of rotatable bonds is 6. The second-order valence-electron chi connectivity index (χ2n) is 6.74. The molecule has 0 saturated heterocycles. The number of amides is 1. The van der Waals surface area contributed by atoms with Crippen LogP contribution in [-0.4, -0.2) is 38.2 Å². The van der Waals surface area contributed by atoms with E-state index in [0.717, 1.165) is 16.7 Å². The molecular formula is C22H25NO6. The van der Waals surface area contributed by atoms with Gasteiger partial charge in [-0.2, -0.15) is 0 Å². The van der Waals surface area contributed by atoms with Crippen LogP contribution in [0.2, 0.25) is 0 Å². The molecule has 7 heteroatoms. The van der Waals surface area contributed by atoms with Gasteiger partial charge in [-0.15, -0.1) is 0 Å². The number of esters is 2. The molecule has 0 unspecified atom stereocenters. The van der Waals surface area contributed by atoms with Crippen molar-refractivity contribution in [1.82, 2.24) is 0 Å². The van der Waals surface area contributed by atoms with Crippen LogP contribution in [-0.2, 0) is 14.3 Å². The zero-order valence-corrected chi connectivity index (χ0v) is 17.4. The second-order valence-corrected chi connectivity index (χ2v) is 6.74. The van der Waals surface area contributed by atoms with E-state index in [2.05, 4.69) is 5.32 Å². The van der Waals surface area contributed by atoms with E-state index in [9.17, 15) is 14.4 Å². The molecule has 0 saturated carbocycles. The lowest BCUT2D eigenvalue weighted by Gasteiger charge is -2.18. The normalized spacial score (nSPS) is 11.4. The van der Waals surface area contributed by atoms with Crippen LogP contribution in [0, 0.1) is 20.8 Å². The van der Waals surface area contributed by atoms with Gasteiger partial charge in [-0.1, -0.05) is 6.07 Å². The van der Waals surface area contributed by atoms with E-state index in [0.29, 0.717) is 5.75 Å². The Morgan fingerprint density at radius 3 is 1.93 bits per heavy atom. The van der Waals surface area contributed by atoms with E-state index in [4.69, 9.17) is 14.2 Å². The summed E-state index contributed by atoms with van der Waals surface area (Å²) in [5.74, 6) is -1.08. The molecule has 2 aromatic rings. The minimum atomic E-state index is -0.807. The first-order chi connectivity index (χ1) is 13.7. The Bertz CT molecular complexity index is 916. The molecule has 1 atom stereocenters. The lowest BCUT2D eigenvalue weighted by atomic mass is 10.1. The van der Waals surface area contributed by atoms with Crippen LogP contribution in [0.5, 0.6) is 5.75 Å². The first-order valence-electron chi connectivity index (χ1n) is 9.03. The van der Waals surface area contributed by atoms with E-state index >= 15 is 0 Å². The summed E-state index contributed by atoms with van der Waals surface area (Å²) in [6.45, 7) is 7.48. The Balaban J connectivity index is 2.25. The number of hydrogen-bond acceptors (Lipinski definition) is 6. The molecule has 2 aromatic carbocycles. The monoisotopic (exact) mass is 399 g/mol. The van der Waals surface area contributed by atoms with Gasteiger partial charge in [-0.05, 0) is 68.7 Å². The fourth-order valence-electron chi connectivity index (χ4n) is 2.78. The maximum Gasteiger partial charge on any atom is 0.337 e. The number of hydrogen-bond donors (Lipinski definition) is 1. The van der Waals surface area contributed by atoms with E-state index in [-0.39, 0.29) is 16.8 Å². The van der Waals surface area contributed by atoms with Crippen molar-refractivity contribution in [3.05, 3.63) is 58.1 Å². The van der Waals surface area contributed by atoms with E-state index in [1.54, 1.807) is 6.92 Å². The van der Waals surface area contributed by atoms with Crippen molar-refractivity contribution >= 4 is 23.5 Å². The Morgan fingerprint density at radius 1 is 0.862 bits per heavy atom. The molecular weight excluding hydrogens is 374 g/mol. The average molecular weight is 399 g/mol. The molecule has 0 aliphatic carbocycles. The highest BCUT2D eigenvalue weighted by atomic mass is 16.5. The Labute approximate surface area is 170 Å². The lowest BCUT2D eigenvalue weighted by Crippen LogP contribution is -2.30. The molecule has 0 aliphatic heterocycles. The summed E-state index contributed by atoms with van der Waals surface area (Å²) in [5, 5.41) is 2.67.